The van der Waals surface area contributed by atoms with Crippen molar-refractivity contribution in [3.63, 3.8) is 0 Å². The van der Waals surface area contributed by atoms with Gasteiger partial charge in [0, 0.05) is 28.5 Å². The number of hydrogen-bond donors (Lipinski definition) is 3. The lowest BCUT2D eigenvalue weighted by molar-refractivity contribution is 0.454. The highest BCUT2D eigenvalue weighted by Crippen LogP contribution is 2.36. The van der Waals surface area contributed by atoms with Crippen LogP contribution in [0.1, 0.15) is 0 Å². The average Bonchev–Trinajstić information content (AvgIpc) is 2.96. The van der Waals surface area contributed by atoms with E-state index in [9.17, 15) is 18.1 Å². The third kappa shape index (κ3) is 4.01. The minimum Gasteiger partial charge on any atom is -0.546 e. The lowest BCUT2D eigenvalue weighted by Gasteiger charge is -2.14. The van der Waals surface area contributed by atoms with Gasteiger partial charge in [0.25, 0.3) is 0 Å². The lowest BCUT2D eigenvalue weighted by Crippen LogP contribution is -2.22. The Hall–Kier alpha value is -2.73. The molecule has 1 aromatic heterocycles. The van der Waals surface area contributed by atoms with Crippen LogP contribution in [0, 0.1) is 0 Å². The summed E-state index contributed by atoms with van der Waals surface area (Å²) < 4.78 is 45.1. The molecule has 11 heteroatoms. The van der Waals surface area contributed by atoms with E-state index in [-0.39, 0.29) is 22.2 Å². The fourth-order valence-electron chi connectivity index (χ4n) is 2.24. The molecule has 1 heterocycles. The summed E-state index contributed by atoms with van der Waals surface area (Å²) in [4.78, 5) is -0.258. The van der Waals surface area contributed by atoms with Crippen LogP contribution in [0.5, 0.6) is 5.75 Å². The van der Waals surface area contributed by atoms with Gasteiger partial charge in [0.2, 0.25) is 21.7 Å². The quantitative estimate of drug-likeness (QED) is 0.420. The molecular weight excluding hydrogens is 390 g/mol. The molecule has 0 aliphatic heterocycles. The van der Waals surface area contributed by atoms with E-state index < -0.39 is 26.9 Å². The van der Waals surface area contributed by atoms with Crippen LogP contribution < -0.4 is 10.6 Å². The van der Waals surface area contributed by atoms with E-state index in [1.54, 1.807) is 12.1 Å². The van der Waals surface area contributed by atoms with E-state index >= 15 is 0 Å². The summed E-state index contributed by atoms with van der Waals surface area (Å²) in [6, 6.07) is 13.3. The van der Waals surface area contributed by atoms with Crippen LogP contribution in [0.2, 0.25) is 0 Å². The maximum atomic E-state index is 12.3. The molecule has 3 N–H and O–H groups in total. The molecule has 1 atom stereocenters. The van der Waals surface area contributed by atoms with Crippen molar-refractivity contribution in [1.29, 1.82) is 0 Å². The van der Waals surface area contributed by atoms with Gasteiger partial charge >= 0.3 is 0 Å². The third-order valence-corrected chi connectivity index (χ3v) is 6.13. The van der Waals surface area contributed by atoms with Gasteiger partial charge in [-0.1, -0.05) is 24.3 Å². The van der Waals surface area contributed by atoms with Crippen molar-refractivity contribution in [2.75, 3.05) is 24.7 Å². The highest BCUT2D eigenvalue weighted by molar-refractivity contribution is 7.89. The zero-order valence-corrected chi connectivity index (χ0v) is 16.1. The molecule has 9 nitrogen and oxygen atoms in total. The zero-order chi connectivity index (χ0) is 19.6. The number of hydrogen-bond acceptors (Lipinski definition) is 8. The van der Waals surface area contributed by atoms with Gasteiger partial charge in [-0.25, -0.2) is 12.7 Å². The summed E-state index contributed by atoms with van der Waals surface area (Å²) in [6.45, 7) is 0. The molecule has 0 amide bonds. The largest absolute Gasteiger partial charge is 0.546 e. The number of aromatic nitrogens is 2. The van der Waals surface area contributed by atoms with Crippen LogP contribution in [-0.2, 0) is 10.0 Å². The number of phenolic OH excluding ortho intramolecular Hbond substituents is 1. The molecule has 0 fully saturated rings. The van der Waals surface area contributed by atoms with Gasteiger partial charge in [-0.05, 0) is 24.3 Å². The molecule has 0 radical (unpaired) electrons. The highest BCUT2D eigenvalue weighted by Gasteiger charge is 2.24. The number of rotatable bonds is 6. The summed E-state index contributed by atoms with van der Waals surface area (Å²) in [5, 5.41) is 16.2. The Morgan fingerprint density at radius 2 is 1.63 bits per heavy atom. The topological polar surface area (TPSA) is 131 Å². The summed E-state index contributed by atoms with van der Waals surface area (Å²) in [5.41, 5.74) is 0.802. The fraction of sp³-hybridized carbons (Fsp3) is 0.125. The Labute approximate surface area is 159 Å². The number of sulfonamides is 1. The number of anilines is 4. The van der Waals surface area contributed by atoms with Gasteiger partial charge in [-0.3, -0.25) is 0 Å². The molecule has 1 unspecified atom stereocenters. The molecule has 142 valence electrons. The van der Waals surface area contributed by atoms with Crippen molar-refractivity contribution in [2.24, 2.45) is 0 Å². The van der Waals surface area contributed by atoms with Crippen molar-refractivity contribution in [3.05, 3.63) is 48.5 Å². The maximum absolute atomic E-state index is 12.3. The average molecular weight is 407 g/mol. The highest BCUT2D eigenvalue weighted by atomic mass is 32.2. The Bertz CT molecular complexity index is 1050. The molecule has 0 spiro atoms. The molecule has 27 heavy (non-hydrogen) atoms. The normalized spacial score (nSPS) is 12.2. The van der Waals surface area contributed by atoms with Crippen molar-refractivity contribution < 1.29 is 18.1 Å². The molecule has 0 saturated heterocycles. The third-order valence-electron chi connectivity index (χ3n) is 3.61. The lowest BCUT2D eigenvalue weighted by atomic mass is 10.3. The molecule has 3 rings (SSSR count). The first-order chi connectivity index (χ1) is 12.8. The summed E-state index contributed by atoms with van der Waals surface area (Å²) in [7, 11) is -1.10. The van der Waals surface area contributed by atoms with Crippen molar-refractivity contribution in [2.45, 2.75) is 4.90 Å². The van der Waals surface area contributed by atoms with E-state index in [0.29, 0.717) is 5.69 Å². The molecule has 3 aromatic rings. The van der Waals surface area contributed by atoms with E-state index in [0.717, 1.165) is 4.31 Å². The van der Waals surface area contributed by atoms with Crippen molar-refractivity contribution >= 4 is 44.2 Å². The Balaban J connectivity index is 1.95. The van der Waals surface area contributed by atoms with Crippen molar-refractivity contribution in [3.8, 4) is 5.75 Å². The molecule has 0 aliphatic rings. The first kappa shape index (κ1) is 19.0. The summed E-state index contributed by atoms with van der Waals surface area (Å²) in [5.74, 6) is -0.141. The van der Waals surface area contributed by atoms with Crippen molar-refractivity contribution in [1.82, 2.24) is 13.1 Å². The van der Waals surface area contributed by atoms with Gasteiger partial charge in [-0.15, -0.1) is 0 Å². The van der Waals surface area contributed by atoms with Gasteiger partial charge < -0.3 is 20.3 Å². The monoisotopic (exact) mass is 407 g/mol. The predicted octanol–water partition coefficient (Wildman–Crippen LogP) is 2.65. The van der Waals surface area contributed by atoms with Crippen LogP contribution in [0.15, 0.2) is 53.4 Å². The predicted molar refractivity (Wildman–Crippen MR) is 103 cm³/mol. The zero-order valence-electron chi connectivity index (χ0n) is 14.4. The summed E-state index contributed by atoms with van der Waals surface area (Å²) >= 11 is -1.82. The number of nitrogens with zero attached hydrogens (tertiary/aromatic N) is 3. The minimum atomic E-state index is -3.84. The van der Waals surface area contributed by atoms with E-state index in [1.165, 1.54) is 32.3 Å². The van der Waals surface area contributed by atoms with Crippen LogP contribution in [-0.4, -0.2) is 45.2 Å². The standard InChI is InChI=1S/C16H17N5O4S2/c1-21(2)27(24,25)13-10-6-9-12(14(13)22)18-16-15(19-26(23)20-16)17-11-7-4-3-5-8-11/h3-10,22H,1-2H3,(H,17,19)(H,18,20). The second-order valence-electron chi connectivity index (χ2n) is 5.67. The number of para-hydroxylation sites is 2. The SMILES string of the molecule is CN(C)S(=O)(=O)c1cccc(Nc2n[s+]([O-])nc2Nc2ccccc2)c1O. The number of nitrogens with one attached hydrogen (secondary N) is 2. The second kappa shape index (κ2) is 7.48. The summed E-state index contributed by atoms with van der Waals surface area (Å²) in [6.07, 6.45) is 0. The maximum Gasteiger partial charge on any atom is 0.246 e. The van der Waals surface area contributed by atoms with Crippen LogP contribution in [0.3, 0.4) is 0 Å². The first-order valence-electron chi connectivity index (χ1n) is 7.72. The second-order valence-corrected chi connectivity index (χ2v) is 8.61. The van der Waals surface area contributed by atoms with Gasteiger partial charge in [-0.2, -0.15) is 0 Å². The number of phenols is 1. The van der Waals surface area contributed by atoms with E-state index in [2.05, 4.69) is 19.4 Å². The molecule has 0 bridgehead atoms. The van der Waals surface area contributed by atoms with Gasteiger partial charge in [0.15, 0.2) is 16.9 Å². The Kier molecular flexibility index (Phi) is 5.28. The molecular formula is C16H17N5O4S2. The van der Waals surface area contributed by atoms with E-state index in [4.69, 9.17) is 0 Å². The number of benzene rings is 2. The van der Waals surface area contributed by atoms with Crippen LogP contribution in [0.4, 0.5) is 23.0 Å². The van der Waals surface area contributed by atoms with Crippen LogP contribution in [0.25, 0.3) is 0 Å². The Morgan fingerprint density at radius 3 is 2.26 bits per heavy atom. The van der Waals surface area contributed by atoms with Gasteiger partial charge in [0.1, 0.15) is 4.90 Å². The number of aromatic hydroxyl groups is 1. The molecule has 0 aliphatic carbocycles. The molecule has 2 aromatic carbocycles. The minimum absolute atomic E-state index is 0.0955. The smallest absolute Gasteiger partial charge is 0.246 e. The first-order valence-corrected chi connectivity index (χ1v) is 10.2. The van der Waals surface area contributed by atoms with Crippen LogP contribution >= 0.6 is 11.1 Å². The molecule has 0 saturated carbocycles. The van der Waals surface area contributed by atoms with Gasteiger partial charge in [0.05, 0.1) is 5.69 Å². The van der Waals surface area contributed by atoms with E-state index in [1.807, 2.05) is 18.2 Å². The Morgan fingerprint density at radius 1 is 1.00 bits per heavy atom. The fourth-order valence-corrected chi connectivity index (χ4v) is 3.86.